The van der Waals surface area contributed by atoms with Crippen molar-refractivity contribution in [3.8, 4) is 5.75 Å². The molecule has 1 N–H and O–H groups in total. The van der Waals surface area contributed by atoms with Crippen LogP contribution in [-0.4, -0.2) is 72.6 Å². The number of amides is 2. The molecule has 2 amide bonds. The van der Waals surface area contributed by atoms with Crippen LogP contribution in [0.15, 0.2) is 42.6 Å². The zero-order chi connectivity index (χ0) is 24.0. The van der Waals surface area contributed by atoms with Crippen LogP contribution < -0.4 is 10.1 Å². The van der Waals surface area contributed by atoms with Gasteiger partial charge in [-0.05, 0) is 37.1 Å². The molecular weight excluding hydrogens is 420 g/mol. The van der Waals surface area contributed by atoms with E-state index in [0.717, 1.165) is 12.2 Å². The lowest BCUT2D eigenvalue weighted by atomic mass is 10.0. The van der Waals surface area contributed by atoms with Crippen LogP contribution in [0.2, 0.25) is 0 Å². The number of hydrogen-bond acceptors (Lipinski definition) is 6. The molecule has 0 saturated heterocycles. The summed E-state index contributed by atoms with van der Waals surface area (Å²) in [5.74, 6) is 0.299. The minimum absolute atomic E-state index is 0.0523. The molecule has 0 saturated carbocycles. The minimum atomic E-state index is -0.182. The molecule has 8 nitrogen and oxygen atoms in total. The number of nitrogens with zero attached hydrogens (tertiary/aromatic N) is 3. The summed E-state index contributed by atoms with van der Waals surface area (Å²) in [5.41, 5.74) is 2.03. The van der Waals surface area contributed by atoms with Gasteiger partial charge in [0.25, 0.3) is 5.91 Å². The Morgan fingerprint density at radius 1 is 1.24 bits per heavy atom. The summed E-state index contributed by atoms with van der Waals surface area (Å²) in [6.45, 7) is 7.97. The molecule has 8 heteroatoms. The fraction of sp³-hybridized carbons (Fsp3) is 0.480. The van der Waals surface area contributed by atoms with Gasteiger partial charge < -0.3 is 19.7 Å². The highest BCUT2D eigenvalue weighted by Gasteiger charge is 2.28. The van der Waals surface area contributed by atoms with Gasteiger partial charge in [0.15, 0.2) is 0 Å². The average molecular weight is 455 g/mol. The molecule has 0 spiro atoms. The van der Waals surface area contributed by atoms with Crippen molar-refractivity contribution >= 4 is 17.5 Å². The quantitative estimate of drug-likeness (QED) is 0.765. The van der Waals surface area contributed by atoms with Crippen LogP contribution in [0, 0.1) is 5.92 Å². The molecule has 0 radical (unpaired) electrons. The van der Waals surface area contributed by atoms with Crippen LogP contribution in [0.5, 0.6) is 5.75 Å². The van der Waals surface area contributed by atoms with E-state index in [9.17, 15) is 9.59 Å². The summed E-state index contributed by atoms with van der Waals surface area (Å²) < 4.78 is 12.0. The number of nitrogens with one attached hydrogen (secondary N) is 1. The first-order valence-electron chi connectivity index (χ1n) is 11.2. The van der Waals surface area contributed by atoms with Gasteiger partial charge in [-0.2, -0.15) is 0 Å². The van der Waals surface area contributed by atoms with E-state index in [1.807, 2.05) is 18.2 Å². The van der Waals surface area contributed by atoms with E-state index >= 15 is 0 Å². The van der Waals surface area contributed by atoms with Crippen molar-refractivity contribution in [1.29, 1.82) is 0 Å². The van der Waals surface area contributed by atoms with Crippen LogP contribution in [0.1, 0.15) is 36.8 Å². The third-order valence-electron chi connectivity index (χ3n) is 5.99. The predicted molar refractivity (Wildman–Crippen MR) is 127 cm³/mol. The van der Waals surface area contributed by atoms with E-state index in [1.165, 1.54) is 6.92 Å². The lowest BCUT2D eigenvalue weighted by Crippen LogP contribution is -2.46. The third kappa shape index (κ3) is 6.52. The van der Waals surface area contributed by atoms with Crippen LogP contribution in [0.4, 0.5) is 5.69 Å². The Hall–Kier alpha value is -2.97. The summed E-state index contributed by atoms with van der Waals surface area (Å²) >= 11 is 0. The van der Waals surface area contributed by atoms with Gasteiger partial charge in [-0.3, -0.25) is 19.5 Å². The third-order valence-corrected chi connectivity index (χ3v) is 5.99. The number of carbonyl (C=O) groups is 2. The predicted octanol–water partition coefficient (Wildman–Crippen LogP) is 3.05. The van der Waals surface area contributed by atoms with Crippen molar-refractivity contribution in [3.63, 3.8) is 0 Å². The number of hydrogen-bond donors (Lipinski definition) is 1. The Labute approximate surface area is 195 Å². The van der Waals surface area contributed by atoms with E-state index in [4.69, 9.17) is 9.47 Å². The molecule has 1 aliphatic rings. The number of rotatable bonds is 4. The lowest BCUT2D eigenvalue weighted by molar-refractivity contribution is -0.114. The zero-order valence-corrected chi connectivity index (χ0v) is 20.1. The van der Waals surface area contributed by atoms with E-state index < -0.39 is 0 Å². The van der Waals surface area contributed by atoms with Gasteiger partial charge in [0.1, 0.15) is 12.4 Å². The number of benzene rings is 1. The Bertz CT molecular complexity index is 953. The topological polar surface area (TPSA) is 84.0 Å². The standard InChI is InChI=1S/C25H34N4O4/c1-17-13-29(14-21-8-6-7-11-26-21)18(2)16-33-23-12-20(27-19(3)30)9-10-22(23)25(31)28(4)15-24(17)32-5/h6-12,17-18,24H,13-16H2,1-5H3,(H,27,30)/t17-,18-,24-/m1/s1. The first kappa shape index (κ1) is 24.7. The van der Waals surface area contributed by atoms with Crippen LogP contribution in [0.3, 0.4) is 0 Å². The van der Waals surface area contributed by atoms with Gasteiger partial charge in [0.2, 0.25) is 5.91 Å². The largest absolute Gasteiger partial charge is 0.491 e. The van der Waals surface area contributed by atoms with Crippen molar-refractivity contribution in [3.05, 3.63) is 53.9 Å². The molecule has 178 valence electrons. The first-order chi connectivity index (χ1) is 15.8. The molecule has 1 aromatic heterocycles. The summed E-state index contributed by atoms with van der Waals surface area (Å²) in [6.07, 6.45) is 1.68. The van der Waals surface area contributed by atoms with Crippen molar-refractivity contribution < 1.29 is 19.1 Å². The molecule has 0 fully saturated rings. The second-order valence-corrected chi connectivity index (χ2v) is 8.74. The average Bonchev–Trinajstić information content (AvgIpc) is 2.79. The Morgan fingerprint density at radius 3 is 2.70 bits per heavy atom. The molecule has 2 heterocycles. The lowest BCUT2D eigenvalue weighted by Gasteiger charge is -2.35. The van der Waals surface area contributed by atoms with Crippen LogP contribution in [-0.2, 0) is 16.1 Å². The molecule has 3 rings (SSSR count). The molecule has 0 unspecified atom stereocenters. The highest BCUT2D eigenvalue weighted by molar-refractivity contribution is 5.98. The molecule has 2 aromatic rings. The normalized spacial score (nSPS) is 22.5. The summed E-state index contributed by atoms with van der Waals surface area (Å²) in [6, 6.07) is 11.1. The molecular formula is C25H34N4O4. The number of methoxy groups -OCH3 is 1. The van der Waals surface area contributed by atoms with Gasteiger partial charge in [-0.15, -0.1) is 0 Å². The second kappa shape index (κ2) is 11.2. The number of fused-ring (bicyclic) bond motifs is 1. The number of carbonyl (C=O) groups excluding carboxylic acids is 2. The highest BCUT2D eigenvalue weighted by atomic mass is 16.5. The maximum atomic E-state index is 13.2. The Kier molecular flexibility index (Phi) is 8.41. The number of aromatic nitrogens is 1. The van der Waals surface area contributed by atoms with Crippen molar-refractivity contribution in [2.45, 2.75) is 39.5 Å². The summed E-state index contributed by atoms with van der Waals surface area (Å²) in [4.78, 5) is 33.2. The smallest absolute Gasteiger partial charge is 0.257 e. The van der Waals surface area contributed by atoms with Gasteiger partial charge in [0.05, 0.1) is 17.4 Å². The minimum Gasteiger partial charge on any atom is -0.491 e. The van der Waals surface area contributed by atoms with Crippen molar-refractivity contribution in [1.82, 2.24) is 14.8 Å². The molecule has 0 bridgehead atoms. The second-order valence-electron chi connectivity index (χ2n) is 8.74. The van der Waals surface area contributed by atoms with Crippen molar-refractivity contribution in [2.24, 2.45) is 5.92 Å². The molecule has 0 aliphatic carbocycles. The number of anilines is 1. The van der Waals surface area contributed by atoms with Gasteiger partial charge in [0, 0.05) is 64.7 Å². The van der Waals surface area contributed by atoms with Crippen molar-refractivity contribution in [2.75, 3.05) is 39.2 Å². The number of likely N-dealkylation sites (N-methyl/N-ethyl adjacent to an activating group) is 1. The maximum absolute atomic E-state index is 13.2. The monoisotopic (exact) mass is 454 g/mol. The SMILES string of the molecule is CO[C@@H]1CN(C)C(=O)c2ccc(NC(C)=O)cc2OC[C@@H](C)N(Cc2ccccn2)C[C@H]1C. The van der Waals surface area contributed by atoms with Gasteiger partial charge >= 0.3 is 0 Å². The molecule has 3 atom stereocenters. The van der Waals surface area contributed by atoms with E-state index in [-0.39, 0.29) is 29.9 Å². The van der Waals surface area contributed by atoms with Gasteiger partial charge in [-0.1, -0.05) is 13.0 Å². The van der Waals surface area contributed by atoms with E-state index in [2.05, 4.69) is 29.0 Å². The van der Waals surface area contributed by atoms with Crippen LogP contribution >= 0.6 is 0 Å². The highest BCUT2D eigenvalue weighted by Crippen LogP contribution is 2.27. The number of ether oxygens (including phenoxy) is 2. The first-order valence-corrected chi connectivity index (χ1v) is 11.2. The van der Waals surface area contributed by atoms with Crippen LogP contribution in [0.25, 0.3) is 0 Å². The molecule has 1 aliphatic heterocycles. The summed E-state index contributed by atoms with van der Waals surface area (Å²) in [5, 5.41) is 2.76. The zero-order valence-electron chi connectivity index (χ0n) is 20.1. The Balaban J connectivity index is 1.94. The summed E-state index contributed by atoms with van der Waals surface area (Å²) in [7, 11) is 3.46. The molecule has 33 heavy (non-hydrogen) atoms. The number of pyridine rings is 1. The fourth-order valence-electron chi connectivity index (χ4n) is 4.05. The molecule has 1 aromatic carbocycles. The fourth-order valence-corrected chi connectivity index (χ4v) is 4.05. The Morgan fingerprint density at radius 2 is 2.03 bits per heavy atom. The van der Waals surface area contributed by atoms with E-state index in [1.54, 1.807) is 43.5 Å². The maximum Gasteiger partial charge on any atom is 0.257 e. The van der Waals surface area contributed by atoms with Gasteiger partial charge in [-0.25, -0.2) is 0 Å². The van der Waals surface area contributed by atoms with E-state index in [0.29, 0.717) is 36.7 Å².